The van der Waals surface area contributed by atoms with Gasteiger partial charge in [0.2, 0.25) is 0 Å². The van der Waals surface area contributed by atoms with E-state index in [4.69, 9.17) is 0 Å². The van der Waals surface area contributed by atoms with Crippen molar-refractivity contribution in [2.75, 3.05) is 22.1 Å². The molecule has 7 aromatic carbocycles. The van der Waals surface area contributed by atoms with Crippen LogP contribution in [0.2, 0.25) is 0 Å². The van der Waals surface area contributed by atoms with Crippen LogP contribution in [0.4, 0.5) is 11.4 Å². The SMILES string of the molecule is O=c1c(N[C@@H](CSCc2ccccc2)C(O)(c2ccccc2)c2ccccc2)c(N[C@@H](CSCc2ccccc2)C(O)(c2ccccc2)c2ccccc2)c1=O. The van der Waals surface area contributed by atoms with Crippen molar-refractivity contribution in [3.63, 3.8) is 0 Å². The number of thioether (sulfide) groups is 2. The molecule has 0 heterocycles. The Morgan fingerprint density at radius 1 is 0.411 bits per heavy atom. The molecule has 0 aromatic heterocycles. The Morgan fingerprint density at radius 2 is 0.661 bits per heavy atom. The van der Waals surface area contributed by atoms with Crippen LogP contribution >= 0.6 is 23.5 Å². The molecule has 0 saturated carbocycles. The molecule has 0 aliphatic rings. The van der Waals surface area contributed by atoms with E-state index in [0.717, 1.165) is 11.1 Å². The Balaban J connectivity index is 1.28. The van der Waals surface area contributed by atoms with Crippen molar-refractivity contribution in [2.24, 2.45) is 0 Å². The number of benzene rings is 6. The lowest BCUT2D eigenvalue weighted by atomic mass is 9.80. The molecular weight excluding hydrogens is 733 g/mol. The van der Waals surface area contributed by atoms with E-state index in [1.54, 1.807) is 23.5 Å². The second kappa shape index (κ2) is 18.0. The van der Waals surface area contributed by atoms with Crippen molar-refractivity contribution in [3.05, 3.63) is 236 Å². The highest BCUT2D eigenvalue weighted by Crippen LogP contribution is 2.40. The number of hydrogen-bond donors (Lipinski definition) is 4. The number of rotatable bonds is 18. The normalized spacial score (nSPS) is 12.9. The molecule has 0 aliphatic carbocycles. The topological polar surface area (TPSA) is 98.7 Å². The first-order valence-electron chi connectivity index (χ1n) is 18.7. The van der Waals surface area contributed by atoms with E-state index in [-0.39, 0.29) is 11.4 Å². The van der Waals surface area contributed by atoms with E-state index in [1.807, 2.05) is 158 Å². The summed E-state index contributed by atoms with van der Waals surface area (Å²) in [4.78, 5) is 27.4. The predicted molar refractivity (Wildman–Crippen MR) is 233 cm³/mol. The minimum atomic E-state index is -1.59. The molecule has 282 valence electrons. The fraction of sp³-hybridized carbons (Fsp3) is 0.167. The summed E-state index contributed by atoms with van der Waals surface area (Å²) in [6.07, 6.45) is 0. The monoisotopic (exact) mass is 776 g/mol. The quantitative estimate of drug-likeness (QED) is 0.0644. The van der Waals surface area contributed by atoms with Gasteiger partial charge in [-0.3, -0.25) is 9.59 Å². The van der Waals surface area contributed by atoms with Gasteiger partial charge in [0.15, 0.2) is 0 Å². The largest absolute Gasteiger partial charge is 0.378 e. The van der Waals surface area contributed by atoms with E-state index >= 15 is 0 Å². The molecule has 8 heteroatoms. The molecule has 2 atom stereocenters. The van der Waals surface area contributed by atoms with Gasteiger partial charge in [-0.25, -0.2) is 0 Å². The molecular formula is C48H44N2O4S2. The third-order valence-corrected chi connectivity index (χ3v) is 12.4. The average molecular weight is 777 g/mol. The molecule has 0 fully saturated rings. The fourth-order valence-electron chi connectivity index (χ4n) is 7.19. The molecule has 0 spiro atoms. The summed E-state index contributed by atoms with van der Waals surface area (Å²) in [5.74, 6) is 2.14. The average Bonchev–Trinajstić information content (AvgIpc) is 3.27. The van der Waals surface area contributed by atoms with Crippen LogP contribution in [0.5, 0.6) is 0 Å². The lowest BCUT2D eigenvalue weighted by Gasteiger charge is -2.40. The molecule has 0 bridgehead atoms. The zero-order valence-corrected chi connectivity index (χ0v) is 32.5. The van der Waals surface area contributed by atoms with Gasteiger partial charge in [-0.2, -0.15) is 23.5 Å². The Bertz CT molecular complexity index is 2090. The third kappa shape index (κ3) is 8.39. The van der Waals surface area contributed by atoms with E-state index in [0.29, 0.717) is 45.3 Å². The number of hydrogen-bond acceptors (Lipinski definition) is 8. The molecule has 7 rings (SSSR count). The van der Waals surface area contributed by atoms with Crippen LogP contribution in [0.25, 0.3) is 0 Å². The van der Waals surface area contributed by atoms with Crippen molar-refractivity contribution < 1.29 is 10.2 Å². The van der Waals surface area contributed by atoms with Gasteiger partial charge in [0.25, 0.3) is 10.9 Å². The zero-order valence-electron chi connectivity index (χ0n) is 30.8. The van der Waals surface area contributed by atoms with Gasteiger partial charge in [-0.1, -0.05) is 182 Å². The molecule has 56 heavy (non-hydrogen) atoms. The van der Waals surface area contributed by atoms with Crippen LogP contribution in [0.3, 0.4) is 0 Å². The van der Waals surface area contributed by atoms with Crippen molar-refractivity contribution >= 4 is 34.9 Å². The summed E-state index contributed by atoms with van der Waals surface area (Å²) >= 11 is 3.25. The highest BCUT2D eigenvalue weighted by Gasteiger charge is 2.44. The molecule has 0 saturated heterocycles. The molecule has 0 aliphatic heterocycles. The predicted octanol–water partition coefficient (Wildman–Crippen LogP) is 8.58. The van der Waals surface area contributed by atoms with Crippen LogP contribution < -0.4 is 21.5 Å². The maximum atomic E-state index is 13.7. The Hall–Kier alpha value is -5.38. The number of anilines is 2. The first-order chi connectivity index (χ1) is 27.4. The Morgan fingerprint density at radius 3 is 0.929 bits per heavy atom. The van der Waals surface area contributed by atoms with Crippen LogP contribution in [0.15, 0.2) is 192 Å². The smallest absolute Gasteiger partial charge is 0.253 e. The summed E-state index contributed by atoms with van der Waals surface area (Å²) in [6, 6.07) is 56.4. The lowest BCUT2D eigenvalue weighted by molar-refractivity contribution is 0.0651. The molecule has 7 aromatic rings. The van der Waals surface area contributed by atoms with Crippen LogP contribution in [0.1, 0.15) is 33.4 Å². The van der Waals surface area contributed by atoms with Gasteiger partial charge in [-0.15, -0.1) is 0 Å². The minimum Gasteiger partial charge on any atom is -0.378 e. The van der Waals surface area contributed by atoms with Crippen LogP contribution in [-0.2, 0) is 22.7 Å². The number of aliphatic hydroxyl groups is 2. The van der Waals surface area contributed by atoms with Crippen molar-refractivity contribution in [1.29, 1.82) is 0 Å². The fourth-order valence-corrected chi connectivity index (χ4v) is 9.41. The summed E-state index contributed by atoms with van der Waals surface area (Å²) in [7, 11) is 0. The van der Waals surface area contributed by atoms with Gasteiger partial charge in [0, 0.05) is 23.0 Å². The second-order valence-electron chi connectivity index (χ2n) is 13.8. The maximum Gasteiger partial charge on any atom is 0.253 e. The van der Waals surface area contributed by atoms with Crippen molar-refractivity contribution in [2.45, 2.75) is 34.8 Å². The maximum absolute atomic E-state index is 13.7. The first-order valence-corrected chi connectivity index (χ1v) is 21.0. The van der Waals surface area contributed by atoms with Gasteiger partial charge < -0.3 is 20.8 Å². The van der Waals surface area contributed by atoms with E-state index < -0.39 is 34.1 Å². The summed E-state index contributed by atoms with van der Waals surface area (Å²) in [6.45, 7) is 0. The standard InChI is InChI=1S/C48H44N2O4S2/c51-45-43(49-41(33-55-31-35-19-7-1-8-20-35)47(53,37-23-11-3-12-24-37)38-25-13-4-14-26-38)44(46(45)52)50-42(34-56-32-36-21-9-2-10-22-36)48(54,39-27-15-5-16-28-39)40-29-17-6-18-30-40/h1-30,41-42,49-50,53-54H,31-34H2/t41-,42-/m0/s1. The van der Waals surface area contributed by atoms with E-state index in [2.05, 4.69) is 34.9 Å². The highest BCUT2D eigenvalue weighted by molar-refractivity contribution is 7.98. The molecule has 6 nitrogen and oxygen atoms in total. The van der Waals surface area contributed by atoms with Gasteiger partial charge >= 0.3 is 0 Å². The summed E-state index contributed by atoms with van der Waals surface area (Å²) in [5, 5.41) is 32.8. The highest BCUT2D eigenvalue weighted by atomic mass is 32.2. The van der Waals surface area contributed by atoms with Gasteiger partial charge in [0.1, 0.15) is 22.6 Å². The molecule has 0 amide bonds. The van der Waals surface area contributed by atoms with Crippen LogP contribution in [0, 0.1) is 0 Å². The molecule has 0 unspecified atom stereocenters. The third-order valence-electron chi connectivity index (χ3n) is 10.2. The molecule has 0 radical (unpaired) electrons. The van der Waals surface area contributed by atoms with Gasteiger partial charge in [0.05, 0.1) is 12.1 Å². The van der Waals surface area contributed by atoms with Crippen molar-refractivity contribution in [3.8, 4) is 0 Å². The lowest BCUT2D eigenvalue weighted by Crippen LogP contribution is -2.52. The van der Waals surface area contributed by atoms with E-state index in [1.165, 1.54) is 0 Å². The minimum absolute atomic E-state index is 0.0899. The molecule has 4 N–H and O–H groups in total. The van der Waals surface area contributed by atoms with Crippen molar-refractivity contribution in [1.82, 2.24) is 0 Å². The Labute approximate surface area is 336 Å². The first kappa shape index (κ1) is 38.9. The van der Waals surface area contributed by atoms with Crippen LogP contribution in [-0.4, -0.2) is 33.8 Å². The number of nitrogens with one attached hydrogen (secondary N) is 2. The zero-order chi connectivity index (χ0) is 38.8. The van der Waals surface area contributed by atoms with E-state index in [9.17, 15) is 19.8 Å². The summed E-state index contributed by atoms with van der Waals surface area (Å²) in [5.41, 5.74) is 0.501. The second-order valence-corrected chi connectivity index (χ2v) is 15.9. The Kier molecular flexibility index (Phi) is 12.5. The summed E-state index contributed by atoms with van der Waals surface area (Å²) < 4.78 is 0. The van der Waals surface area contributed by atoms with Gasteiger partial charge in [-0.05, 0) is 33.4 Å².